The minimum atomic E-state index is -0.482. The van der Waals surface area contributed by atoms with E-state index in [1.165, 1.54) is 16.6 Å². The quantitative estimate of drug-likeness (QED) is 0.385. The number of thiophene rings is 1. The first-order valence-electron chi connectivity index (χ1n) is 9.71. The summed E-state index contributed by atoms with van der Waals surface area (Å²) in [5, 5.41) is 14.0. The zero-order valence-corrected chi connectivity index (χ0v) is 18.8. The van der Waals surface area contributed by atoms with E-state index < -0.39 is 5.25 Å². The fourth-order valence-corrected chi connectivity index (χ4v) is 4.81. The van der Waals surface area contributed by atoms with Crippen LogP contribution in [-0.4, -0.2) is 27.8 Å². The molecule has 158 valence electrons. The molecule has 4 aromatic rings. The molecule has 0 saturated heterocycles. The number of hydrogen-bond donors (Lipinski definition) is 1. The zero-order valence-electron chi connectivity index (χ0n) is 17.2. The van der Waals surface area contributed by atoms with Crippen molar-refractivity contribution in [3.63, 3.8) is 0 Å². The first-order valence-corrected chi connectivity index (χ1v) is 11.5. The summed E-state index contributed by atoms with van der Waals surface area (Å²) in [6.45, 7) is 0. The van der Waals surface area contributed by atoms with Crippen molar-refractivity contribution in [2.75, 3.05) is 12.4 Å². The van der Waals surface area contributed by atoms with Crippen LogP contribution >= 0.6 is 23.1 Å². The van der Waals surface area contributed by atoms with Gasteiger partial charge in [-0.25, -0.2) is 0 Å². The van der Waals surface area contributed by atoms with E-state index in [-0.39, 0.29) is 5.91 Å². The van der Waals surface area contributed by atoms with Gasteiger partial charge in [0.15, 0.2) is 5.16 Å². The fourth-order valence-electron chi connectivity index (χ4n) is 3.09. The molecule has 2 aromatic heterocycles. The first kappa shape index (κ1) is 21.1. The van der Waals surface area contributed by atoms with Gasteiger partial charge in [0.2, 0.25) is 5.91 Å². The van der Waals surface area contributed by atoms with E-state index >= 15 is 0 Å². The molecule has 0 spiro atoms. The number of amides is 1. The summed E-state index contributed by atoms with van der Waals surface area (Å²) in [7, 11) is 3.54. The summed E-state index contributed by atoms with van der Waals surface area (Å²) < 4.78 is 7.22. The normalized spacial score (nSPS) is 11.8. The number of benzene rings is 2. The molecule has 0 bridgehead atoms. The maximum absolute atomic E-state index is 13.3. The molecule has 4 rings (SSSR count). The third-order valence-corrected chi connectivity index (χ3v) is 6.90. The molecule has 0 fully saturated rings. The Kier molecular flexibility index (Phi) is 6.69. The summed E-state index contributed by atoms with van der Waals surface area (Å²) >= 11 is 3.08. The standard InChI is InChI=1S/C23H22N4O2S2/c1-27-20(15-19-12-7-13-30-19)25-26-23(27)31-21(16-8-4-3-5-9-16)22(28)24-17-10-6-11-18(14-17)29-2/h3-14,21H,15H2,1-2H3,(H,24,28). The van der Waals surface area contributed by atoms with Crippen molar-refractivity contribution >= 4 is 34.7 Å². The Labute approximate surface area is 189 Å². The number of carbonyl (C=O) groups excluding carboxylic acids is 1. The molecular formula is C23H22N4O2S2. The molecule has 0 radical (unpaired) electrons. The number of aromatic nitrogens is 3. The van der Waals surface area contributed by atoms with Gasteiger partial charge in [-0.15, -0.1) is 21.5 Å². The monoisotopic (exact) mass is 450 g/mol. The first-order chi connectivity index (χ1) is 15.1. The van der Waals surface area contributed by atoms with Gasteiger partial charge in [0, 0.05) is 30.1 Å². The number of anilines is 1. The SMILES string of the molecule is COc1cccc(NC(=O)C(Sc2nnc(Cc3cccs3)n2C)c2ccccc2)c1. The Morgan fingerprint density at radius 2 is 1.97 bits per heavy atom. The molecule has 2 aromatic carbocycles. The lowest BCUT2D eigenvalue weighted by Crippen LogP contribution is -2.19. The van der Waals surface area contributed by atoms with Gasteiger partial charge in [0.05, 0.1) is 7.11 Å². The van der Waals surface area contributed by atoms with Crippen LogP contribution in [0.5, 0.6) is 5.75 Å². The highest BCUT2D eigenvalue weighted by molar-refractivity contribution is 8.00. The van der Waals surface area contributed by atoms with Gasteiger partial charge < -0.3 is 14.6 Å². The maximum atomic E-state index is 13.3. The van der Waals surface area contributed by atoms with Gasteiger partial charge in [-0.1, -0.05) is 54.2 Å². The Morgan fingerprint density at radius 1 is 1.13 bits per heavy atom. The number of nitrogens with zero attached hydrogens (tertiary/aromatic N) is 3. The average Bonchev–Trinajstić information content (AvgIpc) is 3.43. The van der Waals surface area contributed by atoms with Gasteiger partial charge in [0.1, 0.15) is 16.8 Å². The fraction of sp³-hybridized carbons (Fsp3) is 0.174. The van der Waals surface area contributed by atoms with Gasteiger partial charge >= 0.3 is 0 Å². The molecule has 31 heavy (non-hydrogen) atoms. The molecular weight excluding hydrogens is 428 g/mol. The highest BCUT2D eigenvalue weighted by Crippen LogP contribution is 2.35. The van der Waals surface area contributed by atoms with E-state index in [9.17, 15) is 4.79 Å². The average molecular weight is 451 g/mol. The van der Waals surface area contributed by atoms with E-state index in [1.807, 2.05) is 66.2 Å². The van der Waals surface area contributed by atoms with Crippen molar-refractivity contribution in [2.24, 2.45) is 7.05 Å². The number of carbonyl (C=O) groups is 1. The highest BCUT2D eigenvalue weighted by Gasteiger charge is 2.25. The summed E-state index contributed by atoms with van der Waals surface area (Å²) in [5.41, 5.74) is 1.58. The van der Waals surface area contributed by atoms with Crippen LogP contribution in [0.1, 0.15) is 21.5 Å². The predicted octanol–water partition coefficient (Wildman–Crippen LogP) is 4.95. The third kappa shape index (κ3) is 5.15. The maximum Gasteiger partial charge on any atom is 0.242 e. The van der Waals surface area contributed by atoms with E-state index in [1.54, 1.807) is 24.5 Å². The number of rotatable bonds is 8. The Hall–Kier alpha value is -3.10. The van der Waals surface area contributed by atoms with Crippen molar-refractivity contribution in [1.29, 1.82) is 0 Å². The van der Waals surface area contributed by atoms with Crippen LogP contribution in [0.4, 0.5) is 5.69 Å². The molecule has 6 nitrogen and oxygen atoms in total. The van der Waals surface area contributed by atoms with Crippen LogP contribution in [0.25, 0.3) is 0 Å². The second-order valence-corrected chi connectivity index (χ2v) is 8.95. The summed E-state index contributed by atoms with van der Waals surface area (Å²) in [6, 6.07) is 21.1. The number of methoxy groups -OCH3 is 1. The summed E-state index contributed by atoms with van der Waals surface area (Å²) in [4.78, 5) is 14.5. The summed E-state index contributed by atoms with van der Waals surface area (Å²) in [6.07, 6.45) is 0.716. The van der Waals surface area contributed by atoms with Crippen LogP contribution in [-0.2, 0) is 18.3 Å². The van der Waals surface area contributed by atoms with Crippen molar-refractivity contribution < 1.29 is 9.53 Å². The largest absolute Gasteiger partial charge is 0.497 e. The molecule has 0 aliphatic carbocycles. The second-order valence-electron chi connectivity index (χ2n) is 6.84. The van der Waals surface area contributed by atoms with Crippen molar-refractivity contribution in [3.05, 3.63) is 88.4 Å². The van der Waals surface area contributed by atoms with E-state index in [2.05, 4.69) is 27.0 Å². The number of nitrogens with one attached hydrogen (secondary N) is 1. The Morgan fingerprint density at radius 3 is 2.71 bits per heavy atom. The van der Waals surface area contributed by atoms with E-state index in [0.717, 1.165) is 11.4 Å². The van der Waals surface area contributed by atoms with Crippen molar-refractivity contribution in [3.8, 4) is 5.75 Å². The lowest BCUT2D eigenvalue weighted by atomic mass is 10.1. The Balaban J connectivity index is 1.57. The lowest BCUT2D eigenvalue weighted by Gasteiger charge is -2.17. The predicted molar refractivity (Wildman–Crippen MR) is 125 cm³/mol. The number of thioether (sulfide) groups is 1. The van der Waals surface area contributed by atoms with Crippen molar-refractivity contribution in [2.45, 2.75) is 16.8 Å². The van der Waals surface area contributed by atoms with E-state index in [4.69, 9.17) is 4.74 Å². The molecule has 2 heterocycles. The smallest absolute Gasteiger partial charge is 0.242 e. The third-order valence-electron chi connectivity index (χ3n) is 4.74. The minimum Gasteiger partial charge on any atom is -0.497 e. The van der Waals surface area contributed by atoms with Gasteiger partial charge in [-0.05, 0) is 29.1 Å². The van der Waals surface area contributed by atoms with E-state index in [0.29, 0.717) is 23.0 Å². The molecule has 1 atom stereocenters. The van der Waals surface area contributed by atoms with Crippen LogP contribution in [0.15, 0.2) is 77.3 Å². The molecule has 0 saturated carbocycles. The van der Waals surface area contributed by atoms with Crippen LogP contribution < -0.4 is 10.1 Å². The van der Waals surface area contributed by atoms with Crippen molar-refractivity contribution in [1.82, 2.24) is 14.8 Å². The topological polar surface area (TPSA) is 69.0 Å². The highest BCUT2D eigenvalue weighted by atomic mass is 32.2. The zero-order chi connectivity index (χ0) is 21.6. The minimum absolute atomic E-state index is 0.132. The second kappa shape index (κ2) is 9.80. The molecule has 0 aliphatic rings. The Bertz CT molecular complexity index is 1140. The molecule has 8 heteroatoms. The van der Waals surface area contributed by atoms with Crippen LogP contribution in [0.3, 0.4) is 0 Å². The van der Waals surface area contributed by atoms with Crippen LogP contribution in [0.2, 0.25) is 0 Å². The molecule has 1 amide bonds. The van der Waals surface area contributed by atoms with Gasteiger partial charge in [0.25, 0.3) is 0 Å². The van der Waals surface area contributed by atoms with Gasteiger partial charge in [-0.2, -0.15) is 0 Å². The summed E-state index contributed by atoms with van der Waals surface area (Å²) in [5.74, 6) is 1.42. The number of ether oxygens (including phenoxy) is 1. The number of hydrogen-bond acceptors (Lipinski definition) is 6. The lowest BCUT2D eigenvalue weighted by molar-refractivity contribution is -0.115. The van der Waals surface area contributed by atoms with Crippen LogP contribution in [0, 0.1) is 0 Å². The van der Waals surface area contributed by atoms with Gasteiger partial charge in [-0.3, -0.25) is 4.79 Å². The molecule has 0 aliphatic heterocycles. The molecule has 1 N–H and O–H groups in total. The molecule has 1 unspecified atom stereocenters.